The number of rotatable bonds is 16. The summed E-state index contributed by atoms with van der Waals surface area (Å²) in [7, 11) is 0. The molecule has 1 N–H and O–H groups in total. The lowest BCUT2D eigenvalue weighted by atomic mass is 9.89. The Morgan fingerprint density at radius 1 is 0.951 bits per heavy atom. The van der Waals surface area contributed by atoms with Crippen LogP contribution in [0, 0.1) is 5.92 Å². The van der Waals surface area contributed by atoms with E-state index in [1.807, 2.05) is 30.3 Å². The molecule has 2 amide bonds. The highest BCUT2D eigenvalue weighted by atomic mass is 16.6. The van der Waals surface area contributed by atoms with Crippen molar-refractivity contribution in [1.82, 2.24) is 4.90 Å². The van der Waals surface area contributed by atoms with Gasteiger partial charge in [-0.25, -0.2) is 9.69 Å². The Bertz CT molecular complexity index is 1210. The van der Waals surface area contributed by atoms with Gasteiger partial charge in [0.2, 0.25) is 5.91 Å². The topological polar surface area (TPSA) is 127 Å². The normalized spacial score (nSPS) is 16.3. The molecule has 0 radical (unpaired) electrons. The Kier molecular flexibility index (Phi) is 12.4. The molecule has 1 fully saturated rings. The largest absolute Gasteiger partial charge is 0.453 e. The van der Waals surface area contributed by atoms with Crippen LogP contribution in [0.5, 0.6) is 0 Å². The van der Waals surface area contributed by atoms with Gasteiger partial charge in [-0.3, -0.25) is 19.2 Å². The van der Waals surface area contributed by atoms with Crippen molar-refractivity contribution in [3.05, 3.63) is 83.9 Å². The zero-order valence-corrected chi connectivity index (χ0v) is 23.3. The first-order chi connectivity index (χ1) is 19.8. The molecule has 3 rings (SSSR count). The number of carbonyl (C=O) groups excluding carboxylic acids is 5. The van der Waals surface area contributed by atoms with Crippen molar-refractivity contribution in [2.45, 2.75) is 64.0 Å². The summed E-state index contributed by atoms with van der Waals surface area (Å²) < 4.78 is 10.6. The molecule has 0 bridgehead atoms. The van der Waals surface area contributed by atoms with Gasteiger partial charge in [0.05, 0.1) is 12.0 Å². The summed E-state index contributed by atoms with van der Waals surface area (Å²) in [6.45, 7) is 1.23. The molecule has 2 aromatic carbocycles. The highest BCUT2D eigenvalue weighted by Gasteiger charge is 2.45. The molecule has 9 nitrogen and oxygen atoms in total. The van der Waals surface area contributed by atoms with Gasteiger partial charge in [-0.1, -0.05) is 73.5 Å². The first-order valence-corrected chi connectivity index (χ1v) is 13.9. The molecule has 3 unspecified atom stereocenters. The average molecular weight is 564 g/mol. The number of nitrogens with zero attached hydrogens (tertiary/aromatic N) is 1. The molecule has 1 aliphatic rings. The third-order valence-electron chi connectivity index (χ3n) is 6.83. The number of hydrogen-bond acceptors (Lipinski definition) is 8. The Morgan fingerprint density at radius 3 is 2.22 bits per heavy atom. The molecule has 218 valence electrons. The van der Waals surface area contributed by atoms with Gasteiger partial charge >= 0.3 is 12.1 Å². The van der Waals surface area contributed by atoms with E-state index in [4.69, 9.17) is 14.6 Å². The van der Waals surface area contributed by atoms with Crippen molar-refractivity contribution in [1.29, 1.82) is 0 Å². The lowest BCUT2D eigenvalue weighted by Gasteiger charge is -2.29. The second kappa shape index (κ2) is 16.2. The summed E-state index contributed by atoms with van der Waals surface area (Å²) in [5.74, 6) is -3.71. The molecule has 2 aromatic rings. The number of hydrogen-bond donors (Lipinski definition) is 1. The minimum atomic E-state index is -1.56. The third-order valence-corrected chi connectivity index (χ3v) is 6.83. The lowest BCUT2D eigenvalue weighted by Crippen LogP contribution is -2.49. The number of cyclic esters (lactones) is 1. The number of unbranched alkanes of at least 4 members (excludes halogenated alkanes) is 3. The summed E-state index contributed by atoms with van der Waals surface area (Å²) in [5.41, 5.74) is 1.60. The molecule has 1 heterocycles. The molecule has 1 saturated heterocycles. The number of carbonyl (C=O) groups is 5. The molecule has 0 aliphatic carbocycles. The van der Waals surface area contributed by atoms with Crippen LogP contribution in [-0.2, 0) is 41.5 Å². The number of ether oxygens (including phenoxy) is 2. The van der Waals surface area contributed by atoms with Crippen molar-refractivity contribution < 1.29 is 38.6 Å². The fraction of sp³-hybridized carbons (Fsp3) is 0.406. The Labute approximate surface area is 240 Å². The second-order valence-corrected chi connectivity index (χ2v) is 10.0. The Hall–Kier alpha value is -4.11. The molecule has 9 heteroatoms. The van der Waals surface area contributed by atoms with Gasteiger partial charge in [0.25, 0.3) is 0 Å². The highest BCUT2D eigenvalue weighted by Crippen LogP contribution is 2.26. The van der Waals surface area contributed by atoms with Crippen LogP contribution < -0.4 is 0 Å². The minimum absolute atomic E-state index is 0.00356. The first-order valence-electron chi connectivity index (χ1n) is 13.9. The predicted molar refractivity (Wildman–Crippen MR) is 151 cm³/mol. The minimum Gasteiger partial charge on any atom is -0.453 e. The van der Waals surface area contributed by atoms with Crippen molar-refractivity contribution >= 4 is 29.5 Å². The molecular weight excluding hydrogens is 526 g/mol. The molecule has 0 aromatic heterocycles. The molecule has 41 heavy (non-hydrogen) atoms. The average Bonchev–Trinajstić information content (AvgIpc) is 3.33. The van der Waals surface area contributed by atoms with Gasteiger partial charge in [0, 0.05) is 20.0 Å². The van der Waals surface area contributed by atoms with Crippen molar-refractivity contribution in [3.8, 4) is 0 Å². The molecule has 0 spiro atoms. The number of aliphatic hydroxyl groups excluding tert-OH is 1. The number of esters is 1. The molecule has 3 atom stereocenters. The Morgan fingerprint density at radius 2 is 1.59 bits per heavy atom. The molecular formula is C32H37NO8. The van der Waals surface area contributed by atoms with E-state index in [0.717, 1.165) is 42.4 Å². The van der Waals surface area contributed by atoms with Crippen LogP contribution in [-0.4, -0.2) is 64.9 Å². The summed E-state index contributed by atoms with van der Waals surface area (Å²) in [6.07, 6.45) is 3.24. The van der Waals surface area contributed by atoms with E-state index < -0.39 is 41.8 Å². The number of amides is 2. The van der Waals surface area contributed by atoms with E-state index in [0.29, 0.717) is 24.8 Å². The predicted octanol–water partition coefficient (Wildman–Crippen LogP) is 4.00. The zero-order valence-electron chi connectivity index (χ0n) is 23.3. The lowest BCUT2D eigenvalue weighted by molar-refractivity contribution is -0.158. The fourth-order valence-electron chi connectivity index (χ4n) is 4.77. The number of allylic oxidation sites excluding steroid dienone is 1. The maximum absolute atomic E-state index is 14.0. The number of imide groups is 1. The van der Waals surface area contributed by atoms with Crippen molar-refractivity contribution in [2.24, 2.45) is 5.92 Å². The van der Waals surface area contributed by atoms with Gasteiger partial charge in [0.15, 0.2) is 17.7 Å². The summed E-state index contributed by atoms with van der Waals surface area (Å²) in [5, 5.41) is 8.87. The van der Waals surface area contributed by atoms with Crippen LogP contribution in [0.1, 0.15) is 50.2 Å². The quantitative estimate of drug-likeness (QED) is 0.184. The van der Waals surface area contributed by atoms with Crippen molar-refractivity contribution in [2.75, 3.05) is 13.2 Å². The van der Waals surface area contributed by atoms with E-state index in [9.17, 15) is 24.0 Å². The standard InChI is InChI=1S/C32H37NO8/c1-23(35)41-30(29(37)18-17-27(36)16-10-2-3-11-19-34)28(21-25-14-8-5-9-15-25)31(38)33-26(22-40-32(33)39)20-24-12-6-4-7-13-24/h4-9,12-15,17-18,26,28,30,34H,2-3,10-11,16,19-22H2,1H3. The summed E-state index contributed by atoms with van der Waals surface area (Å²) >= 11 is 0. The van der Waals surface area contributed by atoms with Crippen molar-refractivity contribution in [3.63, 3.8) is 0 Å². The van der Waals surface area contributed by atoms with E-state index >= 15 is 0 Å². The van der Waals surface area contributed by atoms with E-state index in [1.165, 1.54) is 0 Å². The number of aliphatic hydroxyl groups is 1. The summed E-state index contributed by atoms with van der Waals surface area (Å²) in [6, 6.07) is 17.6. The van der Waals surface area contributed by atoms with Crippen LogP contribution in [0.25, 0.3) is 0 Å². The number of ketones is 2. The SMILES string of the molecule is CC(=O)OC(C(=O)C=CC(=O)CCCCCCO)C(Cc1ccccc1)C(=O)N1C(=O)OCC1Cc1ccccc1. The van der Waals surface area contributed by atoms with Gasteiger partial charge in [-0.15, -0.1) is 0 Å². The second-order valence-electron chi connectivity index (χ2n) is 10.0. The zero-order chi connectivity index (χ0) is 29.6. The van der Waals surface area contributed by atoms with Gasteiger partial charge < -0.3 is 14.6 Å². The molecule has 1 aliphatic heterocycles. The Balaban J connectivity index is 1.85. The van der Waals surface area contributed by atoms with Crippen LogP contribution in [0.15, 0.2) is 72.8 Å². The maximum Gasteiger partial charge on any atom is 0.416 e. The highest BCUT2D eigenvalue weighted by molar-refractivity contribution is 6.04. The van der Waals surface area contributed by atoms with Gasteiger partial charge in [-0.05, 0) is 49.0 Å². The summed E-state index contributed by atoms with van der Waals surface area (Å²) in [4.78, 5) is 65.7. The number of benzene rings is 2. The van der Waals surface area contributed by atoms with E-state index in [2.05, 4.69) is 0 Å². The first kappa shape index (κ1) is 31.4. The maximum atomic E-state index is 14.0. The van der Waals surface area contributed by atoms with Gasteiger partial charge in [0.1, 0.15) is 6.61 Å². The van der Waals surface area contributed by atoms with Gasteiger partial charge in [-0.2, -0.15) is 0 Å². The van der Waals surface area contributed by atoms with E-state index in [-0.39, 0.29) is 31.8 Å². The smallest absolute Gasteiger partial charge is 0.416 e. The van der Waals surface area contributed by atoms with E-state index in [1.54, 1.807) is 30.3 Å². The third kappa shape index (κ3) is 9.79. The van der Waals surface area contributed by atoms with Crippen LogP contribution in [0.2, 0.25) is 0 Å². The van der Waals surface area contributed by atoms with Crippen LogP contribution >= 0.6 is 0 Å². The van der Waals surface area contributed by atoms with Crippen LogP contribution in [0.4, 0.5) is 4.79 Å². The monoisotopic (exact) mass is 563 g/mol. The fourth-order valence-corrected chi connectivity index (χ4v) is 4.77. The molecule has 0 saturated carbocycles. The van der Waals surface area contributed by atoms with Crippen LogP contribution in [0.3, 0.4) is 0 Å².